The van der Waals surface area contributed by atoms with Gasteiger partial charge < -0.3 is 23.8 Å². The Morgan fingerprint density at radius 3 is 2.79 bits per heavy atom. The summed E-state index contributed by atoms with van der Waals surface area (Å²) in [5.74, 6) is 5.36. The normalized spacial score (nSPS) is 18.6. The number of fused-ring (bicyclic) bond motifs is 9. The van der Waals surface area contributed by atoms with Crippen LogP contribution in [0.1, 0.15) is 80.7 Å². The smallest absolute Gasteiger partial charge is 0.410 e. The summed E-state index contributed by atoms with van der Waals surface area (Å²) < 4.78 is 63.3. The fraction of sp³-hybridized carbons (Fsp3) is 0.367. The average molecular weight is 610 g/mol. The summed E-state index contributed by atoms with van der Waals surface area (Å²) in [5, 5.41) is 9.23. The third kappa shape index (κ3) is 5.38. The van der Waals surface area contributed by atoms with Gasteiger partial charge in [-0.05, 0) is 57.0 Å². The number of hydrogen-bond donors (Lipinski definition) is 0. The maximum absolute atomic E-state index is 13.6. The van der Waals surface area contributed by atoms with Gasteiger partial charge in [0.25, 0.3) is 5.91 Å². The number of carbonyl (C=O) groups excluding carboxylic acids is 2. The van der Waals surface area contributed by atoms with Crippen LogP contribution in [0.3, 0.4) is 0 Å². The number of ether oxygens (including phenoxy) is 2. The van der Waals surface area contributed by atoms with Gasteiger partial charge in [0, 0.05) is 41.2 Å². The van der Waals surface area contributed by atoms with Crippen molar-refractivity contribution >= 4 is 34.4 Å². The van der Waals surface area contributed by atoms with E-state index in [4.69, 9.17) is 13.6 Å². The lowest BCUT2D eigenvalue weighted by atomic mass is 9.97. The summed E-state index contributed by atoms with van der Waals surface area (Å²) in [7, 11) is 1.60. The quantitative estimate of drug-likeness (QED) is 0.287. The topological polar surface area (TPSA) is 103 Å². The van der Waals surface area contributed by atoms with Crippen LogP contribution in [0, 0.1) is 11.8 Å². The Hall–Kier alpha value is -4.57. The minimum absolute atomic E-state index is 0.0189. The van der Waals surface area contributed by atoms with Gasteiger partial charge in [-0.1, -0.05) is 23.3 Å². The number of amides is 2. The second kappa shape index (κ2) is 10.6. The highest BCUT2D eigenvalue weighted by Crippen LogP contribution is 2.50. The molecule has 0 fully saturated rings. The predicted octanol–water partition coefficient (Wildman–Crippen LogP) is 5.38. The fourth-order valence-corrected chi connectivity index (χ4v) is 6.03. The third-order valence-electron chi connectivity index (χ3n) is 7.01. The first kappa shape index (κ1) is 25.0. The van der Waals surface area contributed by atoms with Crippen LogP contribution in [0.25, 0.3) is 11.0 Å². The maximum Gasteiger partial charge on any atom is 0.410 e. The van der Waals surface area contributed by atoms with E-state index in [2.05, 4.69) is 27.0 Å². The van der Waals surface area contributed by atoms with E-state index >= 15 is 0 Å². The van der Waals surface area contributed by atoms with E-state index in [0.29, 0.717) is 32.4 Å². The zero-order valence-electron chi connectivity index (χ0n) is 26.6. The van der Waals surface area contributed by atoms with Crippen molar-refractivity contribution in [2.75, 3.05) is 14.0 Å². The van der Waals surface area contributed by atoms with Gasteiger partial charge in [0.05, 0.1) is 29.7 Å². The number of rotatable bonds is 4. The number of aromatic nitrogens is 4. The summed E-state index contributed by atoms with van der Waals surface area (Å²) in [6, 6.07) is 7.75. The number of benzene rings is 2. The SMILES string of the molecule is [2H]C([2H])([2H])N1C(=O)c2cccc(OC(F)F)c2[C@H]2C[C@@H]1c1nc3ccc(C#Cc4nnc(CN(C)C(=O)OC(C)(C)C)s4)cc3n12. The molecule has 2 amide bonds. The van der Waals surface area contributed by atoms with Crippen LogP contribution in [0.2, 0.25) is 0 Å². The Morgan fingerprint density at radius 1 is 1.23 bits per heavy atom. The molecular formula is C30H28F2N6O4S. The van der Waals surface area contributed by atoms with Crippen LogP contribution in [0.15, 0.2) is 36.4 Å². The molecule has 0 N–H and O–H groups in total. The first-order valence-electron chi connectivity index (χ1n) is 14.8. The molecule has 2 bridgehead atoms. The van der Waals surface area contributed by atoms with Crippen molar-refractivity contribution < 1.29 is 32.0 Å². The maximum atomic E-state index is 13.6. The Kier molecular flexibility index (Phi) is 6.16. The second-order valence-electron chi connectivity index (χ2n) is 11.2. The predicted molar refractivity (Wildman–Crippen MR) is 154 cm³/mol. The van der Waals surface area contributed by atoms with Crippen molar-refractivity contribution in [2.45, 2.75) is 58.0 Å². The molecule has 4 heterocycles. The summed E-state index contributed by atoms with van der Waals surface area (Å²) in [6.45, 7) is -0.430. The molecule has 2 atom stereocenters. The Bertz CT molecular complexity index is 1930. The van der Waals surface area contributed by atoms with Gasteiger partial charge in [-0.3, -0.25) is 4.79 Å². The van der Waals surface area contributed by atoms with Crippen LogP contribution in [0.4, 0.5) is 13.6 Å². The lowest BCUT2D eigenvalue weighted by Gasteiger charge is -2.24. The van der Waals surface area contributed by atoms with Crippen molar-refractivity contribution in [1.82, 2.24) is 29.5 Å². The van der Waals surface area contributed by atoms with Gasteiger partial charge in [-0.25, -0.2) is 9.78 Å². The van der Waals surface area contributed by atoms with Crippen LogP contribution < -0.4 is 4.74 Å². The number of nitrogens with zero attached hydrogens (tertiary/aromatic N) is 6. The van der Waals surface area contributed by atoms with Crippen molar-refractivity contribution in [3.63, 3.8) is 0 Å². The van der Waals surface area contributed by atoms with Gasteiger partial charge in [0.15, 0.2) is 5.01 Å². The molecular weight excluding hydrogens is 578 g/mol. The summed E-state index contributed by atoms with van der Waals surface area (Å²) in [6.07, 6.45) is -0.376. The fourth-order valence-electron chi connectivity index (χ4n) is 5.29. The largest absolute Gasteiger partial charge is 0.444 e. The second-order valence-corrected chi connectivity index (χ2v) is 12.2. The van der Waals surface area contributed by atoms with Crippen molar-refractivity contribution in [1.29, 1.82) is 0 Å². The van der Waals surface area contributed by atoms with E-state index in [1.165, 1.54) is 34.4 Å². The molecule has 0 saturated carbocycles. The molecule has 0 aliphatic carbocycles. The van der Waals surface area contributed by atoms with E-state index in [0.717, 1.165) is 4.90 Å². The molecule has 2 aromatic carbocycles. The third-order valence-corrected chi connectivity index (χ3v) is 7.83. The molecule has 2 aliphatic rings. The molecule has 6 rings (SSSR count). The van der Waals surface area contributed by atoms with E-state index < -0.39 is 43.3 Å². The van der Waals surface area contributed by atoms with Crippen LogP contribution in [-0.4, -0.2) is 67.8 Å². The van der Waals surface area contributed by atoms with Gasteiger partial charge in [0.2, 0.25) is 0 Å². The summed E-state index contributed by atoms with van der Waals surface area (Å²) >= 11 is 1.23. The molecule has 0 saturated heterocycles. The molecule has 2 aliphatic heterocycles. The summed E-state index contributed by atoms with van der Waals surface area (Å²) in [4.78, 5) is 32.8. The monoisotopic (exact) mass is 609 g/mol. The van der Waals surface area contributed by atoms with E-state index in [9.17, 15) is 18.4 Å². The van der Waals surface area contributed by atoms with Crippen molar-refractivity contribution in [3.05, 3.63) is 68.9 Å². The Balaban J connectivity index is 1.36. The number of imidazole rings is 1. The van der Waals surface area contributed by atoms with Crippen molar-refractivity contribution in [3.8, 4) is 17.6 Å². The van der Waals surface area contributed by atoms with Crippen LogP contribution >= 0.6 is 11.3 Å². The molecule has 2 aromatic heterocycles. The summed E-state index contributed by atoms with van der Waals surface area (Å²) in [5.41, 5.74) is 1.22. The number of halogens is 2. The first-order valence-corrected chi connectivity index (χ1v) is 14.1. The lowest BCUT2D eigenvalue weighted by Crippen LogP contribution is -2.33. The molecule has 4 aromatic rings. The highest BCUT2D eigenvalue weighted by molar-refractivity contribution is 7.11. The molecule has 0 spiro atoms. The van der Waals surface area contributed by atoms with Crippen LogP contribution in [-0.2, 0) is 11.3 Å². The number of hydrogen-bond acceptors (Lipinski definition) is 8. The first-order chi connectivity index (χ1) is 21.6. The zero-order valence-corrected chi connectivity index (χ0v) is 24.4. The Morgan fingerprint density at radius 2 is 2.05 bits per heavy atom. The number of carbonyl (C=O) groups is 2. The molecule has 43 heavy (non-hydrogen) atoms. The lowest BCUT2D eigenvalue weighted by molar-refractivity contribution is -0.0507. The average Bonchev–Trinajstić information content (AvgIpc) is 3.62. The van der Waals surface area contributed by atoms with E-state index in [1.54, 1.807) is 50.6 Å². The van der Waals surface area contributed by atoms with Gasteiger partial charge >= 0.3 is 12.7 Å². The highest BCUT2D eigenvalue weighted by atomic mass is 32.1. The van der Waals surface area contributed by atoms with Crippen molar-refractivity contribution in [2.24, 2.45) is 0 Å². The highest BCUT2D eigenvalue weighted by Gasteiger charge is 2.45. The molecule has 0 radical (unpaired) electrons. The van der Waals surface area contributed by atoms with E-state index in [-0.39, 0.29) is 29.8 Å². The van der Waals surface area contributed by atoms with Crippen LogP contribution in [0.5, 0.6) is 5.75 Å². The molecule has 13 heteroatoms. The molecule has 0 unspecified atom stereocenters. The Labute approximate surface area is 254 Å². The zero-order chi connectivity index (χ0) is 33.1. The number of alkyl halides is 2. The van der Waals surface area contributed by atoms with Gasteiger partial charge in [-0.2, -0.15) is 8.78 Å². The standard InChI is InChI=1S/C30H28F2N6O4S/c1-30(2,3)42-29(40)36(4)15-24-35-34-23(43-24)12-10-16-9-11-18-19(13-16)38-20-14-21(26(38)33-18)37(5)27(39)17-7-6-8-22(25(17)20)41-28(31)32/h6-9,11,13,20-21,28H,14-15H2,1-5H3/t20-,21-/m1/s1/i5D3. The minimum Gasteiger partial charge on any atom is -0.444 e. The molecule has 222 valence electrons. The van der Waals surface area contributed by atoms with Gasteiger partial charge in [-0.15, -0.1) is 10.2 Å². The van der Waals surface area contributed by atoms with E-state index in [1.807, 2.05) is 0 Å². The molecule has 10 nitrogen and oxygen atoms in total. The van der Waals surface area contributed by atoms with Gasteiger partial charge in [0.1, 0.15) is 22.2 Å². The minimum atomic E-state index is -3.15.